The summed E-state index contributed by atoms with van der Waals surface area (Å²) >= 11 is 0. The second-order valence-corrected chi connectivity index (χ2v) is 9.66. The first kappa shape index (κ1) is 24.8. The summed E-state index contributed by atoms with van der Waals surface area (Å²) in [6.45, 7) is 4.59. The monoisotopic (exact) mass is 483 g/mol. The minimum atomic E-state index is -4.72. The fraction of sp³-hybridized carbons (Fsp3) is 0.348. The van der Waals surface area contributed by atoms with Crippen molar-refractivity contribution in [2.24, 2.45) is 0 Å². The van der Waals surface area contributed by atoms with Crippen molar-refractivity contribution < 1.29 is 36.2 Å². The van der Waals surface area contributed by atoms with Crippen LogP contribution < -0.4 is 9.46 Å². The number of carboxylic acid groups (broad SMARTS) is 1. The number of carboxylic acids is 1. The molecule has 0 spiro atoms. The Morgan fingerprint density at radius 2 is 1.97 bits per heavy atom. The third kappa shape index (κ3) is 5.94. The Hall–Kier alpha value is -2.85. The Bertz CT molecular complexity index is 1180. The van der Waals surface area contributed by atoms with Gasteiger partial charge in [0.05, 0.1) is 10.5 Å². The first-order chi connectivity index (χ1) is 15.4. The van der Waals surface area contributed by atoms with Crippen molar-refractivity contribution in [3.05, 3.63) is 65.2 Å². The number of halogens is 3. The summed E-state index contributed by atoms with van der Waals surface area (Å²) in [7, 11) is -4.32. The zero-order valence-electron chi connectivity index (χ0n) is 17.9. The topological polar surface area (TPSA) is 92.7 Å². The van der Waals surface area contributed by atoms with Gasteiger partial charge in [0.25, 0.3) is 0 Å². The van der Waals surface area contributed by atoms with Crippen molar-refractivity contribution in [2.45, 2.75) is 49.7 Å². The van der Waals surface area contributed by atoms with E-state index in [0.717, 1.165) is 12.5 Å². The first-order valence-corrected chi connectivity index (χ1v) is 11.7. The van der Waals surface area contributed by atoms with Crippen LogP contribution in [0.5, 0.6) is 5.75 Å². The van der Waals surface area contributed by atoms with Crippen LogP contribution >= 0.6 is 0 Å². The number of nitrogens with one attached hydrogen (secondary N) is 1. The van der Waals surface area contributed by atoms with Gasteiger partial charge < -0.3 is 9.84 Å². The molecule has 0 saturated heterocycles. The van der Waals surface area contributed by atoms with E-state index in [9.17, 15) is 26.4 Å². The summed E-state index contributed by atoms with van der Waals surface area (Å²) in [4.78, 5) is 10.4. The number of ether oxygens (including phenoxy) is 1. The quantitative estimate of drug-likeness (QED) is 0.544. The van der Waals surface area contributed by atoms with Crippen molar-refractivity contribution in [2.75, 3.05) is 6.61 Å². The van der Waals surface area contributed by atoms with Crippen molar-refractivity contribution in [3.8, 4) is 5.75 Å². The number of rotatable bonds is 7. The molecular weight excluding hydrogens is 459 g/mol. The van der Waals surface area contributed by atoms with Crippen molar-refractivity contribution in [1.29, 1.82) is 0 Å². The van der Waals surface area contributed by atoms with Crippen LogP contribution in [0.2, 0.25) is 0 Å². The lowest BCUT2D eigenvalue weighted by atomic mass is 9.99. The summed E-state index contributed by atoms with van der Waals surface area (Å²) < 4.78 is 74.4. The highest BCUT2D eigenvalue weighted by Crippen LogP contribution is 2.37. The van der Waals surface area contributed by atoms with Crippen LogP contribution in [0.3, 0.4) is 0 Å². The van der Waals surface area contributed by atoms with Crippen LogP contribution in [0.4, 0.5) is 13.2 Å². The van der Waals surface area contributed by atoms with E-state index in [0.29, 0.717) is 47.8 Å². The number of hydrogen-bond acceptors (Lipinski definition) is 4. The van der Waals surface area contributed by atoms with E-state index < -0.39 is 45.3 Å². The van der Waals surface area contributed by atoms with Gasteiger partial charge in [0.2, 0.25) is 10.0 Å². The zero-order valence-corrected chi connectivity index (χ0v) is 18.7. The Kier molecular flexibility index (Phi) is 7.18. The lowest BCUT2D eigenvalue weighted by Gasteiger charge is -2.21. The van der Waals surface area contributed by atoms with Crippen LogP contribution in [0, 0.1) is 0 Å². The van der Waals surface area contributed by atoms with Gasteiger partial charge >= 0.3 is 12.1 Å². The summed E-state index contributed by atoms with van der Waals surface area (Å²) in [5.74, 6) is -0.791. The number of hydrogen-bond donors (Lipinski definition) is 2. The normalized spacial score (nSPS) is 16.5. The maximum Gasteiger partial charge on any atom is 0.416 e. The van der Waals surface area contributed by atoms with Gasteiger partial charge in [-0.25, -0.2) is 17.9 Å². The molecule has 6 nitrogen and oxygen atoms in total. The van der Waals surface area contributed by atoms with E-state index in [4.69, 9.17) is 9.84 Å². The highest BCUT2D eigenvalue weighted by molar-refractivity contribution is 7.89. The molecule has 1 aliphatic rings. The van der Waals surface area contributed by atoms with Gasteiger partial charge in [-0.3, -0.25) is 0 Å². The second-order valence-electron chi connectivity index (χ2n) is 7.95. The lowest BCUT2D eigenvalue weighted by Crippen LogP contribution is -2.29. The molecule has 2 aromatic carbocycles. The molecule has 0 amide bonds. The third-order valence-corrected chi connectivity index (χ3v) is 6.85. The molecule has 2 aromatic rings. The maximum absolute atomic E-state index is 13.4. The molecule has 0 bridgehead atoms. The molecule has 2 N–H and O–H groups in total. The van der Waals surface area contributed by atoms with Crippen LogP contribution in [-0.2, 0) is 27.4 Å². The molecule has 1 aliphatic carbocycles. The fourth-order valence-corrected chi connectivity index (χ4v) is 5.12. The second kappa shape index (κ2) is 9.56. The molecule has 0 fully saturated rings. The number of fused-ring (bicyclic) bond motifs is 1. The smallest absolute Gasteiger partial charge is 0.416 e. The maximum atomic E-state index is 13.4. The summed E-state index contributed by atoms with van der Waals surface area (Å²) in [6, 6.07) is 6.91. The Morgan fingerprint density at radius 1 is 1.24 bits per heavy atom. The highest BCUT2D eigenvalue weighted by Gasteiger charge is 2.33. The Morgan fingerprint density at radius 3 is 2.61 bits per heavy atom. The molecule has 0 aromatic heterocycles. The Balaban J connectivity index is 2.00. The highest BCUT2D eigenvalue weighted by atomic mass is 32.2. The van der Waals surface area contributed by atoms with Gasteiger partial charge in [-0.1, -0.05) is 30.7 Å². The summed E-state index contributed by atoms with van der Waals surface area (Å²) in [5.41, 5.74) is 0.615. The van der Waals surface area contributed by atoms with E-state index in [1.807, 2.05) is 0 Å². The minimum absolute atomic E-state index is 0.0795. The van der Waals surface area contributed by atoms with Crippen LogP contribution in [0.1, 0.15) is 54.5 Å². The van der Waals surface area contributed by atoms with E-state index in [-0.39, 0.29) is 5.56 Å². The van der Waals surface area contributed by atoms with Crippen molar-refractivity contribution in [3.63, 3.8) is 0 Å². The number of allylic oxidation sites excluding steroid dienone is 1. The third-order valence-electron chi connectivity index (χ3n) is 5.40. The number of sulfonamides is 1. The Labute approximate surface area is 190 Å². The lowest BCUT2D eigenvalue weighted by molar-refractivity contribution is -0.139. The average molecular weight is 484 g/mol. The van der Waals surface area contributed by atoms with E-state index in [1.54, 1.807) is 18.2 Å². The molecule has 0 radical (unpaired) electrons. The predicted molar refractivity (Wildman–Crippen MR) is 116 cm³/mol. The fourth-order valence-electron chi connectivity index (χ4n) is 3.80. The molecule has 178 valence electrons. The standard InChI is InChI=1S/C23H24F3NO5S/c1-14(2)15-10-16(23(24,25)26)12-17(11-15)33(30,31)27-20-8-4-3-6-19-18(20)7-5-9-21(19)32-13-22(28)29/h5,7,9-12,20,27H,1,3-4,6,8,13H2,2H3,(H,28,29). The van der Waals surface area contributed by atoms with Gasteiger partial charge in [0.15, 0.2) is 6.61 Å². The number of aliphatic carboxylic acids is 1. The SMILES string of the molecule is C=C(C)c1cc(C(F)(F)F)cc(S(=O)(=O)NC2CCCCc3c(OCC(=O)O)cccc32)c1. The van der Waals surface area contributed by atoms with Crippen molar-refractivity contribution in [1.82, 2.24) is 4.72 Å². The average Bonchev–Trinajstić information content (AvgIpc) is 2.93. The van der Waals surface area contributed by atoms with Gasteiger partial charge in [-0.2, -0.15) is 13.2 Å². The molecule has 33 heavy (non-hydrogen) atoms. The molecule has 0 saturated carbocycles. The van der Waals surface area contributed by atoms with Crippen LogP contribution in [0.15, 0.2) is 47.9 Å². The zero-order chi connectivity index (χ0) is 24.4. The van der Waals surface area contributed by atoms with Gasteiger partial charge in [-0.05, 0) is 67.1 Å². The van der Waals surface area contributed by atoms with Gasteiger partial charge in [-0.15, -0.1) is 0 Å². The van der Waals surface area contributed by atoms with Crippen LogP contribution in [0.25, 0.3) is 5.57 Å². The minimum Gasteiger partial charge on any atom is -0.482 e. The van der Waals surface area contributed by atoms with E-state index in [2.05, 4.69) is 11.3 Å². The summed E-state index contributed by atoms with van der Waals surface area (Å²) in [5, 5.41) is 8.90. The summed E-state index contributed by atoms with van der Waals surface area (Å²) in [6.07, 6.45) is -2.34. The molecule has 1 unspecified atom stereocenters. The van der Waals surface area contributed by atoms with Gasteiger partial charge in [0, 0.05) is 6.04 Å². The predicted octanol–water partition coefficient (Wildman–Crippen LogP) is 4.95. The number of carbonyl (C=O) groups is 1. The van der Waals surface area contributed by atoms with Crippen molar-refractivity contribution >= 4 is 21.6 Å². The molecule has 10 heteroatoms. The molecule has 0 aliphatic heterocycles. The van der Waals surface area contributed by atoms with E-state index >= 15 is 0 Å². The largest absolute Gasteiger partial charge is 0.482 e. The molecule has 1 atom stereocenters. The number of benzene rings is 2. The molecule has 0 heterocycles. The molecular formula is C23H24F3NO5S. The van der Waals surface area contributed by atoms with Gasteiger partial charge in [0.1, 0.15) is 5.75 Å². The number of alkyl halides is 3. The van der Waals surface area contributed by atoms with E-state index in [1.165, 1.54) is 13.0 Å². The molecule has 3 rings (SSSR count). The van der Waals surface area contributed by atoms with Crippen LogP contribution in [-0.4, -0.2) is 26.1 Å². The first-order valence-electron chi connectivity index (χ1n) is 10.3.